The highest BCUT2D eigenvalue weighted by Crippen LogP contribution is 2.35. The Labute approximate surface area is 143 Å². The van der Waals surface area contributed by atoms with Crippen molar-refractivity contribution in [1.29, 1.82) is 0 Å². The van der Waals surface area contributed by atoms with Crippen molar-refractivity contribution in [3.8, 4) is 0 Å². The van der Waals surface area contributed by atoms with Gasteiger partial charge in [-0.05, 0) is 50.3 Å². The molecule has 1 aromatic rings. The smallest absolute Gasteiger partial charge is 0.320 e. The van der Waals surface area contributed by atoms with E-state index in [1.165, 1.54) is 37.8 Å². The molecule has 1 aliphatic carbocycles. The summed E-state index contributed by atoms with van der Waals surface area (Å²) in [6, 6.07) is 5.71. The van der Waals surface area contributed by atoms with E-state index in [-0.39, 0.29) is 10.9 Å². The van der Waals surface area contributed by atoms with Gasteiger partial charge in [0, 0.05) is 0 Å². The largest absolute Gasteiger partial charge is 0.480 e. The first-order chi connectivity index (χ1) is 11.3. The van der Waals surface area contributed by atoms with E-state index in [4.69, 9.17) is 9.66 Å². The Morgan fingerprint density at radius 3 is 2.25 bits per heavy atom. The maximum Gasteiger partial charge on any atom is 0.320 e. The zero-order valence-corrected chi connectivity index (χ0v) is 14.6. The molecule has 2 aliphatic rings. The van der Waals surface area contributed by atoms with Crippen LogP contribution in [0, 0.1) is 18.8 Å². The maximum atomic E-state index is 10.8. The molecule has 3 N–H and O–H groups in total. The van der Waals surface area contributed by atoms with E-state index in [9.17, 15) is 13.2 Å². The molecule has 0 aromatic heterocycles. The van der Waals surface area contributed by atoms with Gasteiger partial charge in [0.2, 0.25) is 0 Å². The van der Waals surface area contributed by atoms with Crippen molar-refractivity contribution < 1.29 is 22.9 Å². The van der Waals surface area contributed by atoms with Gasteiger partial charge < -0.3 is 10.4 Å². The van der Waals surface area contributed by atoms with Crippen LogP contribution >= 0.6 is 0 Å². The van der Waals surface area contributed by atoms with Gasteiger partial charge in [0.05, 0.1) is 4.90 Å². The summed E-state index contributed by atoms with van der Waals surface area (Å²) in [6.07, 6.45) is 6.02. The Bertz CT molecular complexity index is 656. The quantitative estimate of drug-likeness (QED) is 0.704. The lowest BCUT2D eigenvalue weighted by Gasteiger charge is -2.38. The highest BCUT2D eigenvalue weighted by Gasteiger charge is 2.34. The Morgan fingerprint density at radius 1 is 1.12 bits per heavy atom. The third-order valence-corrected chi connectivity index (χ3v) is 5.72. The lowest BCUT2D eigenvalue weighted by molar-refractivity contribution is -0.141. The van der Waals surface area contributed by atoms with Crippen LogP contribution < -0.4 is 5.32 Å². The molecule has 3 atom stereocenters. The van der Waals surface area contributed by atoms with E-state index in [1.807, 2.05) is 6.92 Å². The molecule has 1 aromatic carbocycles. The van der Waals surface area contributed by atoms with E-state index in [2.05, 4.69) is 5.32 Å². The predicted octanol–water partition coefficient (Wildman–Crippen LogP) is 2.48. The summed E-state index contributed by atoms with van der Waals surface area (Å²) in [5.41, 5.74) is 0.956. The average Bonchev–Trinajstić information content (AvgIpc) is 2.54. The van der Waals surface area contributed by atoms with Crippen LogP contribution in [0.25, 0.3) is 0 Å². The summed E-state index contributed by atoms with van der Waals surface area (Å²) in [6.45, 7) is 2.76. The monoisotopic (exact) mass is 355 g/mol. The molecule has 1 heterocycles. The number of fused-ring (bicyclic) bond motifs is 1. The fourth-order valence-electron chi connectivity index (χ4n) is 3.44. The van der Waals surface area contributed by atoms with E-state index in [0.717, 1.165) is 24.4 Å². The molecule has 7 heteroatoms. The summed E-state index contributed by atoms with van der Waals surface area (Å²) >= 11 is 0. The summed E-state index contributed by atoms with van der Waals surface area (Å²) in [7, 11) is -4.02. The topological polar surface area (TPSA) is 104 Å². The van der Waals surface area contributed by atoms with Crippen molar-refractivity contribution in [3.63, 3.8) is 0 Å². The van der Waals surface area contributed by atoms with Gasteiger partial charge >= 0.3 is 5.97 Å². The molecule has 0 bridgehead atoms. The SMILES string of the molecule is Cc1ccc(S(=O)(=O)O)cc1.O=C(O)C1CC2CCCCC2CN1. The molecule has 0 radical (unpaired) electrons. The van der Waals surface area contributed by atoms with E-state index in [0.29, 0.717) is 5.92 Å². The number of nitrogens with one attached hydrogen (secondary N) is 1. The minimum Gasteiger partial charge on any atom is -0.480 e. The van der Waals surface area contributed by atoms with Crippen LogP contribution in [-0.4, -0.2) is 36.6 Å². The molecule has 24 heavy (non-hydrogen) atoms. The molecule has 1 aliphatic heterocycles. The molecule has 134 valence electrons. The van der Waals surface area contributed by atoms with Crippen molar-refractivity contribution in [1.82, 2.24) is 5.32 Å². The zero-order valence-electron chi connectivity index (χ0n) is 13.8. The fraction of sp³-hybridized carbons (Fsp3) is 0.588. The third kappa shape index (κ3) is 5.29. The number of carbonyl (C=O) groups is 1. The first-order valence-electron chi connectivity index (χ1n) is 8.27. The highest BCUT2D eigenvalue weighted by molar-refractivity contribution is 7.85. The van der Waals surface area contributed by atoms with Gasteiger partial charge in [-0.2, -0.15) is 8.42 Å². The molecule has 1 saturated heterocycles. The number of hydrogen-bond acceptors (Lipinski definition) is 4. The van der Waals surface area contributed by atoms with Gasteiger partial charge in [-0.1, -0.05) is 37.0 Å². The normalized spacial score (nSPS) is 26.7. The molecule has 3 rings (SSSR count). The maximum absolute atomic E-state index is 10.8. The van der Waals surface area contributed by atoms with Gasteiger partial charge in [0.1, 0.15) is 6.04 Å². The molecule has 0 amide bonds. The van der Waals surface area contributed by atoms with Crippen molar-refractivity contribution in [3.05, 3.63) is 29.8 Å². The third-order valence-electron chi connectivity index (χ3n) is 4.85. The summed E-state index contributed by atoms with van der Waals surface area (Å²) < 4.78 is 29.6. The average molecular weight is 355 g/mol. The van der Waals surface area contributed by atoms with Gasteiger partial charge in [-0.15, -0.1) is 0 Å². The van der Waals surface area contributed by atoms with Gasteiger partial charge in [-0.25, -0.2) is 0 Å². The van der Waals surface area contributed by atoms with Gasteiger partial charge in [0.25, 0.3) is 10.1 Å². The second kappa shape index (κ2) is 8.09. The fourth-order valence-corrected chi connectivity index (χ4v) is 3.92. The molecule has 6 nitrogen and oxygen atoms in total. The Balaban J connectivity index is 0.000000177. The van der Waals surface area contributed by atoms with Crippen LogP contribution in [0.15, 0.2) is 29.2 Å². The van der Waals surface area contributed by atoms with Crippen molar-refractivity contribution in [2.75, 3.05) is 6.54 Å². The lowest BCUT2D eigenvalue weighted by Crippen LogP contribution is -2.48. The van der Waals surface area contributed by atoms with E-state index >= 15 is 0 Å². The zero-order chi connectivity index (χ0) is 17.7. The van der Waals surface area contributed by atoms with Crippen LogP contribution in [0.1, 0.15) is 37.7 Å². The predicted molar refractivity (Wildman–Crippen MR) is 90.5 cm³/mol. The van der Waals surface area contributed by atoms with Gasteiger partial charge in [0.15, 0.2) is 0 Å². The van der Waals surface area contributed by atoms with E-state index in [1.54, 1.807) is 12.1 Å². The molecule has 1 saturated carbocycles. The minimum absolute atomic E-state index is 0.0666. The van der Waals surface area contributed by atoms with Crippen LogP contribution in [0.2, 0.25) is 0 Å². The second-order valence-electron chi connectivity index (χ2n) is 6.63. The first-order valence-corrected chi connectivity index (χ1v) is 9.71. The molecule has 3 unspecified atom stereocenters. The minimum atomic E-state index is -4.02. The van der Waals surface area contributed by atoms with Crippen LogP contribution in [0.4, 0.5) is 0 Å². The Kier molecular flexibility index (Phi) is 6.37. The molecular formula is C17H25NO5S. The number of hydrogen-bond donors (Lipinski definition) is 3. The number of aryl methyl sites for hydroxylation is 1. The highest BCUT2D eigenvalue weighted by atomic mass is 32.2. The van der Waals surface area contributed by atoms with Crippen molar-refractivity contribution in [2.45, 2.75) is 50.0 Å². The number of rotatable bonds is 2. The van der Waals surface area contributed by atoms with Crippen LogP contribution in [0.5, 0.6) is 0 Å². The van der Waals surface area contributed by atoms with Crippen LogP contribution in [0.3, 0.4) is 0 Å². The van der Waals surface area contributed by atoms with Gasteiger partial charge in [-0.3, -0.25) is 9.35 Å². The number of benzene rings is 1. The first kappa shape index (κ1) is 18.9. The van der Waals surface area contributed by atoms with Crippen molar-refractivity contribution >= 4 is 16.1 Å². The number of carboxylic acid groups (broad SMARTS) is 1. The Morgan fingerprint density at radius 2 is 1.71 bits per heavy atom. The second-order valence-corrected chi connectivity index (χ2v) is 8.05. The summed E-state index contributed by atoms with van der Waals surface area (Å²) in [5, 5.41) is 12.0. The molecular weight excluding hydrogens is 330 g/mol. The molecule has 2 fully saturated rings. The van der Waals surface area contributed by atoms with Crippen molar-refractivity contribution in [2.24, 2.45) is 11.8 Å². The summed E-state index contributed by atoms with van der Waals surface area (Å²) in [5.74, 6) is 0.754. The standard InChI is InChI=1S/C10H17NO2.C7H8O3S/c12-10(13)9-5-7-3-1-2-4-8(7)6-11-9;1-6-2-4-7(5-3-6)11(8,9)10/h7-9,11H,1-6H2,(H,12,13);2-5H,1H3,(H,8,9,10). The van der Waals surface area contributed by atoms with E-state index < -0.39 is 16.1 Å². The lowest BCUT2D eigenvalue weighted by atomic mass is 9.74. The number of aliphatic carboxylic acids is 1. The number of piperidine rings is 1. The van der Waals surface area contributed by atoms with Crippen LogP contribution in [-0.2, 0) is 14.9 Å². The Hall–Kier alpha value is -1.44. The molecule has 0 spiro atoms. The number of carboxylic acids is 1. The summed E-state index contributed by atoms with van der Waals surface area (Å²) in [4.78, 5) is 10.7.